The van der Waals surface area contributed by atoms with Crippen LogP contribution in [0.1, 0.15) is 73.9 Å². The van der Waals surface area contributed by atoms with Crippen LogP contribution in [0, 0.1) is 5.82 Å². The van der Waals surface area contributed by atoms with Crippen molar-refractivity contribution in [1.82, 2.24) is 4.90 Å². The van der Waals surface area contributed by atoms with Gasteiger partial charge >= 0.3 is 5.97 Å². The van der Waals surface area contributed by atoms with E-state index in [4.69, 9.17) is 32.7 Å². The summed E-state index contributed by atoms with van der Waals surface area (Å²) in [6.45, 7) is 7.73. The molecular weight excluding hydrogens is 464 g/mol. The second-order valence-electron chi connectivity index (χ2n) is 9.98. The second kappa shape index (κ2) is 9.81. The molecule has 4 rings (SSSR count). The average Bonchev–Trinajstić information content (AvgIpc) is 3.56. The molecule has 0 atom stereocenters. The molecule has 1 heterocycles. The van der Waals surface area contributed by atoms with Gasteiger partial charge in [0.25, 0.3) is 0 Å². The molecule has 0 spiro atoms. The zero-order chi connectivity index (χ0) is 23.8. The minimum atomic E-state index is -0.661. The van der Waals surface area contributed by atoms with Crippen LogP contribution in [0.25, 0.3) is 0 Å². The standard InChI is InChI=1S/C26H30Cl2FNO3/c1-26(2,3)33-25(31)21-14-20(16-4-5-16)17(12-24(21)29)15-30-10-8-18(9-11-30)32-19-6-7-22(27)23(28)13-19/h6-7,12-14,16,18H,4-5,8-11,15H2,1-3H3. The number of ether oxygens (including phenoxy) is 2. The lowest BCUT2D eigenvalue weighted by atomic mass is 9.97. The molecule has 0 unspecified atom stereocenters. The number of likely N-dealkylation sites (tertiary alicyclic amines) is 1. The maximum absolute atomic E-state index is 14.9. The summed E-state index contributed by atoms with van der Waals surface area (Å²) in [7, 11) is 0. The summed E-state index contributed by atoms with van der Waals surface area (Å²) in [4.78, 5) is 14.8. The first-order valence-corrected chi connectivity index (χ1v) is 12.2. The Kier molecular flexibility index (Phi) is 7.23. The molecule has 0 radical (unpaired) electrons. The highest BCUT2D eigenvalue weighted by Gasteiger charge is 2.31. The summed E-state index contributed by atoms with van der Waals surface area (Å²) in [6.07, 6.45) is 4.00. The fourth-order valence-corrected chi connectivity index (χ4v) is 4.49. The summed E-state index contributed by atoms with van der Waals surface area (Å²) in [5.74, 6) is 0.00573. The van der Waals surface area contributed by atoms with Crippen molar-refractivity contribution < 1.29 is 18.7 Å². The van der Waals surface area contributed by atoms with E-state index in [2.05, 4.69) is 4.90 Å². The van der Waals surface area contributed by atoms with Gasteiger partial charge in [0, 0.05) is 25.7 Å². The van der Waals surface area contributed by atoms with Gasteiger partial charge in [-0.25, -0.2) is 9.18 Å². The van der Waals surface area contributed by atoms with E-state index in [1.165, 1.54) is 6.07 Å². The van der Waals surface area contributed by atoms with Gasteiger partial charge in [0.1, 0.15) is 23.3 Å². The number of hydrogen-bond donors (Lipinski definition) is 0. The predicted octanol–water partition coefficient (Wildman–Crippen LogP) is 7.01. The summed E-state index contributed by atoms with van der Waals surface area (Å²) in [5.41, 5.74) is 1.41. The fourth-order valence-electron chi connectivity index (χ4n) is 4.20. The highest BCUT2D eigenvalue weighted by molar-refractivity contribution is 6.42. The molecule has 2 aliphatic rings. The van der Waals surface area contributed by atoms with E-state index >= 15 is 0 Å². The molecule has 33 heavy (non-hydrogen) atoms. The second-order valence-corrected chi connectivity index (χ2v) is 10.8. The molecule has 2 aromatic carbocycles. The molecule has 1 aliphatic heterocycles. The third-order valence-electron chi connectivity index (χ3n) is 5.99. The first-order valence-electron chi connectivity index (χ1n) is 11.5. The van der Waals surface area contributed by atoms with Crippen molar-refractivity contribution in [2.75, 3.05) is 13.1 Å². The van der Waals surface area contributed by atoms with Crippen molar-refractivity contribution in [2.45, 2.75) is 70.6 Å². The summed E-state index contributed by atoms with van der Waals surface area (Å²) >= 11 is 12.1. The summed E-state index contributed by atoms with van der Waals surface area (Å²) in [6, 6.07) is 8.57. The highest BCUT2D eigenvalue weighted by Crippen LogP contribution is 2.43. The van der Waals surface area contributed by atoms with Crippen LogP contribution in [0.2, 0.25) is 10.0 Å². The molecule has 1 aliphatic carbocycles. The monoisotopic (exact) mass is 493 g/mol. The number of esters is 1. The number of nitrogens with zero attached hydrogens (tertiary/aromatic N) is 1. The van der Waals surface area contributed by atoms with Crippen molar-refractivity contribution in [3.05, 3.63) is 62.9 Å². The summed E-state index contributed by atoms with van der Waals surface area (Å²) < 4.78 is 26.4. The van der Waals surface area contributed by atoms with Gasteiger partial charge in [-0.05, 0) is 87.8 Å². The predicted molar refractivity (Wildman–Crippen MR) is 129 cm³/mol. The maximum Gasteiger partial charge on any atom is 0.341 e. The lowest BCUT2D eigenvalue weighted by molar-refractivity contribution is 0.00644. The SMILES string of the molecule is CC(C)(C)OC(=O)c1cc(C2CC2)c(CN2CCC(Oc3ccc(Cl)c(Cl)c3)CC2)cc1F. The minimum Gasteiger partial charge on any atom is -0.490 e. The molecule has 0 N–H and O–H groups in total. The van der Waals surface area contributed by atoms with Gasteiger partial charge in [0.2, 0.25) is 0 Å². The first-order chi connectivity index (χ1) is 15.6. The van der Waals surface area contributed by atoms with Crippen LogP contribution in [0.15, 0.2) is 30.3 Å². The van der Waals surface area contributed by atoms with Gasteiger partial charge in [-0.2, -0.15) is 0 Å². The van der Waals surface area contributed by atoms with Crippen molar-refractivity contribution in [3.63, 3.8) is 0 Å². The normalized spacial score (nSPS) is 17.8. The molecule has 178 valence electrons. The van der Waals surface area contributed by atoms with Gasteiger partial charge < -0.3 is 9.47 Å². The van der Waals surface area contributed by atoms with Gasteiger partial charge in [-0.15, -0.1) is 0 Å². The first kappa shape index (κ1) is 24.3. The Morgan fingerprint density at radius 1 is 1.06 bits per heavy atom. The van der Waals surface area contributed by atoms with Gasteiger partial charge in [0.15, 0.2) is 0 Å². The molecule has 0 amide bonds. The average molecular weight is 494 g/mol. The van der Waals surface area contributed by atoms with E-state index in [1.807, 2.05) is 6.07 Å². The lowest BCUT2D eigenvalue weighted by Gasteiger charge is -2.32. The van der Waals surface area contributed by atoms with Crippen LogP contribution in [-0.2, 0) is 11.3 Å². The van der Waals surface area contributed by atoms with E-state index in [1.54, 1.807) is 39.0 Å². The Morgan fingerprint density at radius 3 is 2.36 bits per heavy atom. The highest BCUT2D eigenvalue weighted by atomic mass is 35.5. The van der Waals surface area contributed by atoms with E-state index in [0.29, 0.717) is 22.5 Å². The number of rotatable bonds is 6. The van der Waals surface area contributed by atoms with Crippen LogP contribution in [0.5, 0.6) is 5.75 Å². The maximum atomic E-state index is 14.9. The van der Waals surface area contributed by atoms with Crippen LogP contribution in [0.3, 0.4) is 0 Å². The van der Waals surface area contributed by atoms with Crippen LogP contribution in [-0.4, -0.2) is 35.7 Å². The number of piperidine rings is 1. The largest absolute Gasteiger partial charge is 0.490 e. The molecule has 0 aromatic heterocycles. The number of hydrogen-bond acceptors (Lipinski definition) is 4. The molecular formula is C26H30Cl2FNO3. The zero-order valence-electron chi connectivity index (χ0n) is 19.3. The van der Waals surface area contributed by atoms with Crippen molar-refractivity contribution in [2.24, 2.45) is 0 Å². The third-order valence-corrected chi connectivity index (χ3v) is 6.73. The Morgan fingerprint density at radius 2 is 1.76 bits per heavy atom. The zero-order valence-corrected chi connectivity index (χ0v) is 20.8. The fraction of sp³-hybridized carbons (Fsp3) is 0.500. The third kappa shape index (κ3) is 6.40. The topological polar surface area (TPSA) is 38.8 Å². The molecule has 4 nitrogen and oxygen atoms in total. The molecule has 0 bridgehead atoms. The van der Waals surface area contributed by atoms with Crippen molar-refractivity contribution in [3.8, 4) is 5.75 Å². The van der Waals surface area contributed by atoms with E-state index in [0.717, 1.165) is 55.6 Å². The number of benzene rings is 2. The Bertz CT molecular complexity index is 1020. The minimum absolute atomic E-state index is 0.0318. The smallest absolute Gasteiger partial charge is 0.341 e. The van der Waals surface area contributed by atoms with E-state index in [-0.39, 0.29) is 11.7 Å². The van der Waals surface area contributed by atoms with Crippen LogP contribution >= 0.6 is 23.2 Å². The summed E-state index contributed by atoms with van der Waals surface area (Å²) in [5, 5.41) is 0.992. The van der Waals surface area contributed by atoms with Crippen molar-refractivity contribution >= 4 is 29.2 Å². The molecule has 2 aromatic rings. The quantitative estimate of drug-likeness (QED) is 0.405. The number of halogens is 3. The van der Waals surface area contributed by atoms with E-state index in [9.17, 15) is 9.18 Å². The van der Waals surface area contributed by atoms with E-state index < -0.39 is 17.4 Å². The molecule has 2 fully saturated rings. The molecule has 1 saturated carbocycles. The number of carbonyl (C=O) groups is 1. The van der Waals surface area contributed by atoms with Crippen LogP contribution in [0.4, 0.5) is 4.39 Å². The van der Waals surface area contributed by atoms with Gasteiger partial charge in [0.05, 0.1) is 15.6 Å². The lowest BCUT2D eigenvalue weighted by Crippen LogP contribution is -2.38. The molecule has 7 heteroatoms. The Labute approximate surface area is 205 Å². The van der Waals surface area contributed by atoms with Crippen molar-refractivity contribution in [1.29, 1.82) is 0 Å². The molecule has 1 saturated heterocycles. The van der Waals surface area contributed by atoms with Gasteiger partial charge in [-0.3, -0.25) is 4.90 Å². The Hall–Kier alpha value is -1.82. The van der Waals surface area contributed by atoms with Crippen LogP contribution < -0.4 is 4.74 Å². The Balaban J connectivity index is 1.40. The van der Waals surface area contributed by atoms with Gasteiger partial charge in [-0.1, -0.05) is 23.2 Å². The number of carbonyl (C=O) groups excluding carboxylic acids is 1.